The van der Waals surface area contributed by atoms with Gasteiger partial charge < -0.3 is 5.32 Å². The van der Waals surface area contributed by atoms with Crippen molar-refractivity contribution in [2.75, 3.05) is 7.05 Å². The Bertz CT molecular complexity index is 576. The summed E-state index contributed by atoms with van der Waals surface area (Å²) in [6.07, 6.45) is 3.09. The van der Waals surface area contributed by atoms with Crippen molar-refractivity contribution in [3.8, 4) is 0 Å². The molecule has 20 heavy (non-hydrogen) atoms. The summed E-state index contributed by atoms with van der Waals surface area (Å²) in [6, 6.07) is 0.0363. The summed E-state index contributed by atoms with van der Waals surface area (Å²) in [4.78, 5) is 1.35. The Morgan fingerprint density at radius 1 is 1.45 bits per heavy atom. The Morgan fingerprint density at radius 3 is 2.70 bits per heavy atom. The molecule has 4 nitrogen and oxygen atoms in total. The van der Waals surface area contributed by atoms with Gasteiger partial charge in [0.1, 0.15) is 4.90 Å². The van der Waals surface area contributed by atoms with E-state index in [1.54, 1.807) is 0 Å². The summed E-state index contributed by atoms with van der Waals surface area (Å²) in [5.41, 5.74) is 0.878. The third kappa shape index (κ3) is 3.08. The summed E-state index contributed by atoms with van der Waals surface area (Å²) < 4.78 is 28.4. The molecule has 1 saturated carbocycles. The molecule has 1 heterocycles. The minimum absolute atomic E-state index is 0.0363. The summed E-state index contributed by atoms with van der Waals surface area (Å²) in [7, 11) is -1.60. The quantitative estimate of drug-likeness (QED) is 0.878. The van der Waals surface area contributed by atoms with Gasteiger partial charge in [0.2, 0.25) is 10.0 Å². The van der Waals surface area contributed by atoms with Crippen LogP contribution < -0.4 is 10.0 Å². The maximum Gasteiger partial charge on any atom is 0.242 e. The second kappa shape index (κ2) is 5.75. The molecule has 1 aliphatic rings. The van der Waals surface area contributed by atoms with E-state index >= 15 is 0 Å². The standard InChI is InChI=1S/C14H24N2O2S2/c1-10-9-19-11(8-15-4)13(10)20(17,18)16-12-6-5-7-14(12,2)3/h9,12,15-16H,5-8H2,1-4H3. The monoisotopic (exact) mass is 316 g/mol. The van der Waals surface area contributed by atoms with Crippen molar-refractivity contribution in [2.24, 2.45) is 5.41 Å². The molecule has 1 fully saturated rings. The number of nitrogens with one attached hydrogen (secondary N) is 2. The largest absolute Gasteiger partial charge is 0.315 e. The second-order valence-electron chi connectivity index (χ2n) is 6.26. The van der Waals surface area contributed by atoms with E-state index in [2.05, 4.69) is 23.9 Å². The van der Waals surface area contributed by atoms with Crippen LogP contribution in [-0.4, -0.2) is 21.5 Å². The molecule has 1 aromatic rings. The lowest BCUT2D eigenvalue weighted by Gasteiger charge is -2.27. The van der Waals surface area contributed by atoms with Crippen LogP contribution >= 0.6 is 11.3 Å². The Balaban J connectivity index is 2.29. The lowest BCUT2D eigenvalue weighted by atomic mass is 9.88. The van der Waals surface area contributed by atoms with Gasteiger partial charge in [-0.2, -0.15) is 0 Å². The van der Waals surface area contributed by atoms with Gasteiger partial charge >= 0.3 is 0 Å². The summed E-state index contributed by atoms with van der Waals surface area (Å²) in [6.45, 7) is 6.73. The molecule has 0 aromatic carbocycles. The molecule has 6 heteroatoms. The van der Waals surface area contributed by atoms with E-state index in [4.69, 9.17) is 0 Å². The molecule has 0 amide bonds. The van der Waals surface area contributed by atoms with Gasteiger partial charge in [-0.25, -0.2) is 13.1 Å². The van der Waals surface area contributed by atoms with Crippen molar-refractivity contribution >= 4 is 21.4 Å². The molecule has 0 saturated heterocycles. The fourth-order valence-electron chi connectivity index (χ4n) is 2.92. The highest BCUT2D eigenvalue weighted by molar-refractivity contribution is 7.89. The van der Waals surface area contributed by atoms with Gasteiger partial charge in [0, 0.05) is 17.5 Å². The number of hydrogen-bond acceptors (Lipinski definition) is 4. The average molecular weight is 316 g/mol. The predicted molar refractivity (Wildman–Crippen MR) is 83.6 cm³/mol. The molecule has 0 bridgehead atoms. The molecule has 1 unspecified atom stereocenters. The first-order valence-corrected chi connectivity index (χ1v) is 9.38. The van der Waals surface area contributed by atoms with Gasteiger partial charge in [0.05, 0.1) is 0 Å². The number of aryl methyl sites for hydroxylation is 1. The maximum absolute atomic E-state index is 12.7. The molecule has 0 radical (unpaired) electrons. The predicted octanol–water partition coefficient (Wildman–Crippen LogP) is 2.63. The van der Waals surface area contributed by atoms with Gasteiger partial charge in [-0.05, 0) is 43.2 Å². The Morgan fingerprint density at radius 2 is 2.15 bits per heavy atom. The van der Waals surface area contributed by atoms with E-state index in [-0.39, 0.29) is 11.5 Å². The first-order valence-electron chi connectivity index (χ1n) is 7.02. The Kier molecular flexibility index (Phi) is 4.59. The summed E-state index contributed by atoms with van der Waals surface area (Å²) in [5.74, 6) is 0. The molecule has 2 N–H and O–H groups in total. The zero-order valence-corrected chi connectivity index (χ0v) is 14.2. The van der Waals surface area contributed by atoms with Gasteiger partial charge in [0.25, 0.3) is 0 Å². The zero-order chi connectivity index (χ0) is 15.0. The van der Waals surface area contributed by atoms with Crippen LogP contribution in [-0.2, 0) is 16.6 Å². The van der Waals surface area contributed by atoms with Crippen LogP contribution in [0.1, 0.15) is 43.6 Å². The first kappa shape index (κ1) is 15.9. The van der Waals surface area contributed by atoms with Crippen LogP contribution in [0, 0.1) is 12.3 Å². The summed E-state index contributed by atoms with van der Waals surface area (Å²) in [5, 5.41) is 4.96. The van der Waals surface area contributed by atoms with Gasteiger partial charge in [-0.1, -0.05) is 20.3 Å². The number of thiophene rings is 1. The zero-order valence-electron chi connectivity index (χ0n) is 12.6. The second-order valence-corrected chi connectivity index (χ2v) is 8.87. The fraction of sp³-hybridized carbons (Fsp3) is 0.714. The van der Waals surface area contributed by atoms with Gasteiger partial charge in [0.15, 0.2) is 0 Å². The van der Waals surface area contributed by atoms with Crippen LogP contribution in [0.25, 0.3) is 0 Å². The molecule has 114 valence electrons. The highest BCUT2D eigenvalue weighted by Gasteiger charge is 2.38. The lowest BCUT2D eigenvalue weighted by Crippen LogP contribution is -2.41. The van der Waals surface area contributed by atoms with Crippen molar-refractivity contribution in [2.45, 2.75) is 57.5 Å². The lowest BCUT2D eigenvalue weighted by molar-refractivity contribution is 0.313. The van der Waals surface area contributed by atoms with Crippen molar-refractivity contribution in [1.29, 1.82) is 0 Å². The minimum atomic E-state index is -3.43. The molecule has 1 aromatic heterocycles. The highest BCUT2D eigenvalue weighted by Crippen LogP contribution is 2.38. The molecule has 0 spiro atoms. The Hall–Kier alpha value is -0.430. The molecule has 2 rings (SSSR count). The van der Waals surface area contributed by atoms with Crippen LogP contribution in [0.2, 0.25) is 0 Å². The van der Waals surface area contributed by atoms with Crippen molar-refractivity contribution in [1.82, 2.24) is 10.0 Å². The van der Waals surface area contributed by atoms with Crippen LogP contribution in [0.5, 0.6) is 0 Å². The highest BCUT2D eigenvalue weighted by atomic mass is 32.2. The minimum Gasteiger partial charge on any atom is -0.315 e. The van der Waals surface area contributed by atoms with Gasteiger partial charge in [-0.3, -0.25) is 0 Å². The topological polar surface area (TPSA) is 58.2 Å². The average Bonchev–Trinajstić information content (AvgIpc) is 2.84. The third-order valence-corrected chi connectivity index (χ3v) is 7.08. The van der Waals surface area contributed by atoms with Gasteiger partial charge in [-0.15, -0.1) is 11.3 Å². The number of hydrogen-bond donors (Lipinski definition) is 2. The molecular weight excluding hydrogens is 292 g/mol. The van der Waals surface area contributed by atoms with E-state index in [9.17, 15) is 8.42 Å². The maximum atomic E-state index is 12.7. The van der Waals surface area contributed by atoms with Crippen molar-refractivity contribution in [3.05, 3.63) is 15.8 Å². The van der Waals surface area contributed by atoms with E-state index in [1.807, 2.05) is 19.4 Å². The van der Waals surface area contributed by atoms with Crippen molar-refractivity contribution < 1.29 is 8.42 Å². The van der Waals surface area contributed by atoms with E-state index in [0.29, 0.717) is 11.4 Å². The number of rotatable bonds is 5. The molecule has 0 aliphatic heterocycles. The van der Waals surface area contributed by atoms with Crippen LogP contribution in [0.15, 0.2) is 10.3 Å². The normalized spacial score (nSPS) is 22.3. The first-order chi connectivity index (χ1) is 9.28. The Labute approximate surface area is 126 Å². The van der Waals surface area contributed by atoms with Crippen LogP contribution in [0.3, 0.4) is 0 Å². The molecular formula is C14H24N2O2S2. The SMILES string of the molecule is CNCc1scc(C)c1S(=O)(=O)NC1CCCC1(C)C. The third-order valence-electron chi connectivity index (χ3n) is 4.15. The van der Waals surface area contributed by atoms with E-state index in [1.165, 1.54) is 11.3 Å². The smallest absolute Gasteiger partial charge is 0.242 e. The summed E-state index contributed by atoms with van der Waals surface area (Å²) >= 11 is 1.50. The number of sulfonamides is 1. The fourth-order valence-corrected chi connectivity index (χ4v) is 6.19. The van der Waals surface area contributed by atoms with Crippen molar-refractivity contribution in [3.63, 3.8) is 0 Å². The van der Waals surface area contributed by atoms with Crippen LogP contribution in [0.4, 0.5) is 0 Å². The molecule has 1 aliphatic carbocycles. The van der Waals surface area contributed by atoms with E-state index in [0.717, 1.165) is 29.7 Å². The van der Waals surface area contributed by atoms with E-state index < -0.39 is 10.0 Å². The molecule has 1 atom stereocenters.